The van der Waals surface area contributed by atoms with Crippen molar-refractivity contribution in [3.8, 4) is 0 Å². The van der Waals surface area contributed by atoms with E-state index < -0.39 is 21.9 Å². The molecule has 1 aliphatic heterocycles. The summed E-state index contributed by atoms with van der Waals surface area (Å²) in [5.74, 6) is -0.301. The Bertz CT molecular complexity index is 626. The zero-order chi connectivity index (χ0) is 17.1. The Morgan fingerprint density at radius 2 is 1.70 bits per heavy atom. The lowest BCUT2D eigenvalue weighted by Crippen LogP contribution is -2.47. The first-order chi connectivity index (χ1) is 10.7. The lowest BCUT2D eigenvalue weighted by Gasteiger charge is -2.37. The number of hydrogen-bond donors (Lipinski definition) is 1. The molecule has 0 aromatic heterocycles. The van der Waals surface area contributed by atoms with Crippen molar-refractivity contribution in [2.24, 2.45) is 0 Å². The van der Waals surface area contributed by atoms with Gasteiger partial charge in [0.15, 0.2) is 0 Å². The highest BCUT2D eigenvalue weighted by atomic mass is 32.2. The first-order valence-electron chi connectivity index (χ1n) is 7.25. The third kappa shape index (κ3) is 5.36. The number of rotatable bonds is 5. The van der Waals surface area contributed by atoms with Crippen molar-refractivity contribution >= 4 is 15.8 Å². The summed E-state index contributed by atoms with van der Waals surface area (Å²) >= 11 is 0. The maximum atomic E-state index is 13.0. The van der Waals surface area contributed by atoms with Crippen LogP contribution < -0.4 is 4.90 Å². The molecule has 1 fully saturated rings. The number of nitrogens with zero attached hydrogens (tertiary/aromatic N) is 2. The van der Waals surface area contributed by atoms with Crippen LogP contribution in [0.15, 0.2) is 24.3 Å². The fraction of sp³-hybridized carbons (Fsp3) is 0.571. The van der Waals surface area contributed by atoms with Gasteiger partial charge in [-0.05, 0) is 25.1 Å². The molecule has 0 atom stereocenters. The van der Waals surface area contributed by atoms with Gasteiger partial charge in [-0.2, -0.15) is 21.6 Å². The van der Waals surface area contributed by atoms with Crippen molar-refractivity contribution < 1.29 is 26.1 Å². The predicted octanol–water partition coefficient (Wildman–Crippen LogP) is 2.11. The topological polar surface area (TPSA) is 60.9 Å². The monoisotopic (exact) mass is 352 g/mol. The summed E-state index contributed by atoms with van der Waals surface area (Å²) in [6.07, 6.45) is -4.08. The van der Waals surface area contributed by atoms with Crippen LogP contribution in [-0.2, 0) is 16.3 Å². The second-order valence-corrected chi connectivity index (χ2v) is 7.06. The summed E-state index contributed by atoms with van der Waals surface area (Å²) in [7, 11) is -3.96. The van der Waals surface area contributed by atoms with Gasteiger partial charge in [0, 0.05) is 31.9 Å². The summed E-state index contributed by atoms with van der Waals surface area (Å²) in [4.78, 5) is 3.68. The Morgan fingerprint density at radius 3 is 2.26 bits per heavy atom. The highest BCUT2D eigenvalue weighted by Crippen LogP contribution is 2.36. The second kappa shape index (κ2) is 7.06. The molecule has 0 aliphatic carbocycles. The van der Waals surface area contributed by atoms with E-state index in [1.807, 2.05) is 4.90 Å². The standard InChI is InChI=1S/C14H19F3N2O3S/c15-14(16,17)12-4-1-2-5-13(12)19-9-7-18(8-10-19)6-3-11-23(20,21)22/h1-2,4-5H,3,6-11H2,(H,20,21,22). The van der Waals surface area contributed by atoms with Gasteiger partial charge in [-0.15, -0.1) is 0 Å². The van der Waals surface area contributed by atoms with E-state index in [4.69, 9.17) is 4.55 Å². The molecule has 1 aliphatic rings. The number of alkyl halides is 3. The highest BCUT2D eigenvalue weighted by Gasteiger charge is 2.35. The molecule has 9 heteroatoms. The second-order valence-electron chi connectivity index (χ2n) is 5.48. The Balaban J connectivity index is 1.93. The van der Waals surface area contributed by atoms with Gasteiger partial charge >= 0.3 is 6.18 Å². The number of anilines is 1. The Kier molecular flexibility index (Phi) is 5.53. The number of piperazine rings is 1. The van der Waals surface area contributed by atoms with Gasteiger partial charge in [-0.3, -0.25) is 9.45 Å². The normalized spacial score (nSPS) is 17.5. The molecule has 0 radical (unpaired) electrons. The van der Waals surface area contributed by atoms with Crippen LogP contribution in [0.25, 0.3) is 0 Å². The summed E-state index contributed by atoms with van der Waals surface area (Å²) in [6.45, 7) is 2.49. The van der Waals surface area contributed by atoms with Crippen molar-refractivity contribution in [2.75, 3.05) is 43.4 Å². The molecule has 0 bridgehead atoms. The maximum Gasteiger partial charge on any atom is 0.418 e. The van der Waals surface area contributed by atoms with Gasteiger partial charge in [-0.1, -0.05) is 12.1 Å². The Morgan fingerprint density at radius 1 is 1.09 bits per heavy atom. The summed E-state index contributed by atoms with van der Waals surface area (Å²) < 4.78 is 69.1. The van der Waals surface area contributed by atoms with E-state index in [-0.39, 0.29) is 11.4 Å². The molecule has 1 saturated heterocycles. The van der Waals surface area contributed by atoms with Crippen molar-refractivity contribution in [3.63, 3.8) is 0 Å². The fourth-order valence-electron chi connectivity index (χ4n) is 2.67. The Labute approximate surface area is 133 Å². The van der Waals surface area contributed by atoms with Crippen LogP contribution in [0.5, 0.6) is 0 Å². The van der Waals surface area contributed by atoms with Crippen molar-refractivity contribution in [1.82, 2.24) is 4.90 Å². The SMILES string of the molecule is O=S(=O)(O)CCCN1CCN(c2ccccc2C(F)(F)F)CC1. The Hall–Kier alpha value is -1.32. The molecular weight excluding hydrogens is 333 g/mol. The van der Waals surface area contributed by atoms with Crippen LogP contribution in [0, 0.1) is 0 Å². The minimum atomic E-state index is -4.39. The van der Waals surface area contributed by atoms with Crippen LogP contribution in [0.2, 0.25) is 0 Å². The zero-order valence-electron chi connectivity index (χ0n) is 12.5. The van der Waals surface area contributed by atoms with Crippen LogP contribution in [0.4, 0.5) is 18.9 Å². The largest absolute Gasteiger partial charge is 0.418 e. The van der Waals surface area contributed by atoms with E-state index in [0.29, 0.717) is 39.1 Å². The lowest BCUT2D eigenvalue weighted by molar-refractivity contribution is -0.137. The van der Waals surface area contributed by atoms with E-state index in [2.05, 4.69) is 0 Å². The molecule has 1 aromatic rings. The fourth-order valence-corrected chi connectivity index (χ4v) is 3.17. The van der Waals surface area contributed by atoms with Gasteiger partial charge in [0.2, 0.25) is 0 Å². The van der Waals surface area contributed by atoms with E-state index >= 15 is 0 Å². The molecule has 0 unspecified atom stereocenters. The maximum absolute atomic E-state index is 13.0. The molecule has 1 N–H and O–H groups in total. The first kappa shape index (κ1) is 18.0. The lowest BCUT2D eigenvalue weighted by atomic mass is 10.1. The summed E-state index contributed by atoms with van der Waals surface area (Å²) in [6, 6.07) is 5.51. The van der Waals surface area contributed by atoms with Gasteiger partial charge in [0.25, 0.3) is 10.1 Å². The van der Waals surface area contributed by atoms with E-state index in [1.54, 1.807) is 11.0 Å². The van der Waals surface area contributed by atoms with E-state index in [9.17, 15) is 21.6 Å². The molecule has 23 heavy (non-hydrogen) atoms. The van der Waals surface area contributed by atoms with E-state index in [1.165, 1.54) is 12.1 Å². The van der Waals surface area contributed by atoms with Crippen molar-refractivity contribution in [1.29, 1.82) is 0 Å². The highest BCUT2D eigenvalue weighted by molar-refractivity contribution is 7.85. The number of para-hydroxylation sites is 1. The van der Waals surface area contributed by atoms with Crippen molar-refractivity contribution in [2.45, 2.75) is 12.6 Å². The summed E-state index contributed by atoms with van der Waals surface area (Å²) in [5, 5.41) is 0. The molecule has 5 nitrogen and oxygen atoms in total. The minimum absolute atomic E-state index is 0.178. The van der Waals surface area contributed by atoms with Gasteiger partial charge in [-0.25, -0.2) is 0 Å². The van der Waals surface area contributed by atoms with Crippen molar-refractivity contribution in [3.05, 3.63) is 29.8 Å². The average Bonchev–Trinajstić information content (AvgIpc) is 2.46. The smallest absolute Gasteiger partial charge is 0.368 e. The predicted molar refractivity (Wildman–Crippen MR) is 81.1 cm³/mol. The van der Waals surface area contributed by atoms with Gasteiger partial charge in [0.1, 0.15) is 0 Å². The molecule has 0 spiro atoms. The molecule has 130 valence electrons. The number of benzene rings is 1. The summed E-state index contributed by atoms with van der Waals surface area (Å²) in [5.41, 5.74) is -0.461. The third-order valence-corrected chi connectivity index (χ3v) is 4.60. The van der Waals surface area contributed by atoms with Crippen LogP contribution in [0.3, 0.4) is 0 Å². The molecule has 0 amide bonds. The molecular formula is C14H19F3N2O3S. The average molecular weight is 352 g/mol. The minimum Gasteiger partial charge on any atom is -0.368 e. The quantitative estimate of drug-likeness (QED) is 0.823. The first-order valence-corrected chi connectivity index (χ1v) is 8.86. The van der Waals surface area contributed by atoms with E-state index in [0.717, 1.165) is 6.07 Å². The molecule has 1 heterocycles. The van der Waals surface area contributed by atoms with Crippen LogP contribution in [-0.4, -0.2) is 56.3 Å². The molecule has 2 rings (SSSR count). The van der Waals surface area contributed by atoms with Gasteiger partial charge in [0.05, 0.1) is 11.3 Å². The number of hydrogen-bond acceptors (Lipinski definition) is 4. The number of halogens is 3. The van der Waals surface area contributed by atoms with Crippen LogP contribution in [0.1, 0.15) is 12.0 Å². The van der Waals surface area contributed by atoms with Crippen LogP contribution >= 0.6 is 0 Å². The molecule has 1 aromatic carbocycles. The third-order valence-electron chi connectivity index (χ3n) is 3.80. The zero-order valence-corrected chi connectivity index (χ0v) is 13.3. The van der Waals surface area contributed by atoms with Gasteiger partial charge < -0.3 is 4.90 Å². The molecule has 0 saturated carbocycles.